The smallest absolute Gasteiger partial charge is 0.269 e. The maximum atomic E-state index is 10.5. The van der Waals surface area contributed by atoms with E-state index in [4.69, 9.17) is 14.4 Å². The van der Waals surface area contributed by atoms with Crippen molar-refractivity contribution in [3.05, 3.63) is 0 Å². The zero-order chi connectivity index (χ0) is 15.3. The fourth-order valence-corrected chi connectivity index (χ4v) is 2.49. The average Bonchev–Trinajstić information content (AvgIpc) is 2.34. The molecule has 0 heterocycles. The molecule has 5 nitrogen and oxygen atoms in total. The Labute approximate surface area is 123 Å². The van der Waals surface area contributed by atoms with Gasteiger partial charge in [-0.15, -0.1) is 0 Å². The minimum Gasteiger partial charge on any atom is -0.367 e. The van der Waals surface area contributed by atoms with Gasteiger partial charge < -0.3 is 9.84 Å². The first-order valence-electron chi connectivity index (χ1n) is 7.70. The molecule has 1 unspecified atom stereocenters. The quantitative estimate of drug-likeness (QED) is 0.292. The standard InChI is InChI=1S/C14H30O5S/c1-2-3-4-5-6-7-8-9-10-11-12-19-14(15)13-20(16,17)18/h14-15H,2-13H2,1H3,(H,16,17,18). The fourth-order valence-electron chi connectivity index (χ4n) is 2.04. The Morgan fingerprint density at radius 2 is 1.35 bits per heavy atom. The molecule has 0 rings (SSSR count). The molecule has 2 N–H and O–H groups in total. The van der Waals surface area contributed by atoms with Gasteiger partial charge in [-0.3, -0.25) is 4.55 Å². The van der Waals surface area contributed by atoms with Gasteiger partial charge >= 0.3 is 0 Å². The van der Waals surface area contributed by atoms with Gasteiger partial charge in [-0.2, -0.15) is 8.42 Å². The molecule has 0 saturated carbocycles. The maximum Gasteiger partial charge on any atom is 0.269 e. The van der Waals surface area contributed by atoms with Gasteiger partial charge in [-0.1, -0.05) is 64.7 Å². The number of aliphatic hydroxyl groups excluding tert-OH is 1. The molecule has 0 radical (unpaired) electrons. The van der Waals surface area contributed by atoms with Crippen LogP contribution in [0.4, 0.5) is 0 Å². The molecule has 0 fully saturated rings. The summed E-state index contributed by atoms with van der Waals surface area (Å²) in [5.74, 6) is -0.759. The number of hydrogen-bond acceptors (Lipinski definition) is 4. The third kappa shape index (κ3) is 15.9. The molecule has 0 saturated heterocycles. The summed E-state index contributed by atoms with van der Waals surface area (Å²) in [4.78, 5) is 0. The molecule has 0 aliphatic heterocycles. The lowest BCUT2D eigenvalue weighted by atomic mass is 10.1. The van der Waals surface area contributed by atoms with Crippen LogP contribution in [0.3, 0.4) is 0 Å². The van der Waals surface area contributed by atoms with Crippen molar-refractivity contribution >= 4 is 10.1 Å². The molecule has 0 bridgehead atoms. The minimum atomic E-state index is -4.16. The van der Waals surface area contributed by atoms with Crippen molar-refractivity contribution in [2.75, 3.05) is 12.4 Å². The monoisotopic (exact) mass is 310 g/mol. The Kier molecular flexibility index (Phi) is 12.5. The summed E-state index contributed by atoms with van der Waals surface area (Å²) in [6.45, 7) is 2.54. The predicted octanol–water partition coefficient (Wildman–Crippen LogP) is 3.13. The second kappa shape index (κ2) is 12.6. The van der Waals surface area contributed by atoms with Gasteiger partial charge in [0.2, 0.25) is 0 Å². The Bertz CT molecular complexity index is 303. The van der Waals surface area contributed by atoms with Crippen LogP contribution in [0.1, 0.15) is 71.1 Å². The van der Waals surface area contributed by atoms with Gasteiger partial charge in [0.25, 0.3) is 10.1 Å². The van der Waals surface area contributed by atoms with E-state index in [1.807, 2.05) is 0 Å². The minimum absolute atomic E-state index is 0.327. The van der Waals surface area contributed by atoms with E-state index in [1.165, 1.54) is 44.9 Å². The lowest BCUT2D eigenvalue weighted by Crippen LogP contribution is -2.23. The Hall–Kier alpha value is -0.170. The van der Waals surface area contributed by atoms with E-state index >= 15 is 0 Å². The highest BCUT2D eigenvalue weighted by molar-refractivity contribution is 7.85. The zero-order valence-corrected chi connectivity index (χ0v) is 13.4. The Morgan fingerprint density at radius 3 is 1.80 bits per heavy atom. The number of hydrogen-bond donors (Lipinski definition) is 2. The molecular formula is C14H30O5S. The average molecular weight is 310 g/mol. The van der Waals surface area contributed by atoms with Gasteiger partial charge in [-0.25, -0.2) is 0 Å². The van der Waals surface area contributed by atoms with Gasteiger partial charge in [0.15, 0.2) is 6.29 Å². The summed E-state index contributed by atoms with van der Waals surface area (Å²) in [6, 6.07) is 0. The topological polar surface area (TPSA) is 83.8 Å². The largest absolute Gasteiger partial charge is 0.367 e. The Morgan fingerprint density at radius 1 is 0.900 bits per heavy atom. The van der Waals surface area contributed by atoms with Gasteiger partial charge in [0, 0.05) is 6.61 Å². The summed E-state index contributed by atoms with van der Waals surface area (Å²) < 4.78 is 34.3. The second-order valence-corrected chi connectivity index (χ2v) is 6.75. The van der Waals surface area contributed by atoms with Crippen LogP contribution < -0.4 is 0 Å². The van der Waals surface area contributed by atoms with Gasteiger partial charge in [0.1, 0.15) is 5.75 Å². The first kappa shape index (κ1) is 19.8. The normalized spacial score (nSPS) is 13.6. The fraction of sp³-hybridized carbons (Fsp3) is 1.00. The summed E-state index contributed by atoms with van der Waals surface area (Å²) in [6.07, 6.45) is 10.6. The summed E-state index contributed by atoms with van der Waals surface area (Å²) in [5.41, 5.74) is 0. The summed E-state index contributed by atoms with van der Waals surface area (Å²) >= 11 is 0. The van der Waals surface area contributed by atoms with Crippen LogP contribution in [0.15, 0.2) is 0 Å². The number of ether oxygens (including phenoxy) is 1. The van der Waals surface area contributed by atoms with E-state index in [9.17, 15) is 8.42 Å². The molecule has 0 spiro atoms. The van der Waals surface area contributed by atoms with Crippen LogP contribution >= 0.6 is 0 Å². The molecule has 1 atom stereocenters. The molecule has 0 aromatic heterocycles. The zero-order valence-electron chi connectivity index (χ0n) is 12.6. The van der Waals surface area contributed by atoms with Crippen LogP contribution in [-0.2, 0) is 14.9 Å². The number of aliphatic hydroxyl groups is 1. The predicted molar refractivity (Wildman–Crippen MR) is 80.2 cm³/mol. The first-order chi connectivity index (χ1) is 9.45. The lowest BCUT2D eigenvalue weighted by molar-refractivity contribution is -0.0840. The van der Waals surface area contributed by atoms with Crippen molar-refractivity contribution in [2.45, 2.75) is 77.4 Å². The van der Waals surface area contributed by atoms with Crippen LogP contribution in [-0.4, -0.2) is 36.7 Å². The highest BCUT2D eigenvalue weighted by atomic mass is 32.2. The summed E-state index contributed by atoms with van der Waals surface area (Å²) in [7, 11) is -4.16. The van der Waals surface area contributed by atoms with E-state index in [0.29, 0.717) is 6.61 Å². The molecule has 0 aliphatic carbocycles. The second-order valence-electron chi connectivity index (χ2n) is 5.26. The van der Waals surface area contributed by atoms with Crippen LogP contribution in [0.5, 0.6) is 0 Å². The van der Waals surface area contributed by atoms with Gasteiger partial charge in [0.05, 0.1) is 0 Å². The van der Waals surface area contributed by atoms with E-state index in [1.54, 1.807) is 0 Å². The third-order valence-electron chi connectivity index (χ3n) is 3.16. The van der Waals surface area contributed by atoms with E-state index in [-0.39, 0.29) is 0 Å². The Balaban J connectivity index is 3.20. The maximum absolute atomic E-state index is 10.5. The van der Waals surface area contributed by atoms with Crippen molar-refractivity contribution in [3.8, 4) is 0 Å². The molecular weight excluding hydrogens is 280 g/mol. The van der Waals surface area contributed by atoms with Gasteiger partial charge in [-0.05, 0) is 6.42 Å². The first-order valence-corrected chi connectivity index (χ1v) is 9.31. The van der Waals surface area contributed by atoms with E-state index in [2.05, 4.69) is 6.92 Å². The molecule has 6 heteroatoms. The lowest BCUT2D eigenvalue weighted by Gasteiger charge is -2.09. The molecule has 20 heavy (non-hydrogen) atoms. The van der Waals surface area contributed by atoms with Crippen LogP contribution in [0.2, 0.25) is 0 Å². The molecule has 0 aromatic carbocycles. The van der Waals surface area contributed by atoms with Crippen LogP contribution in [0.25, 0.3) is 0 Å². The van der Waals surface area contributed by atoms with Crippen molar-refractivity contribution in [1.29, 1.82) is 0 Å². The third-order valence-corrected chi connectivity index (χ3v) is 3.87. The highest BCUT2D eigenvalue weighted by Crippen LogP contribution is 2.10. The number of rotatable bonds is 14. The van der Waals surface area contributed by atoms with E-state index < -0.39 is 22.2 Å². The molecule has 0 aliphatic rings. The number of unbranched alkanes of at least 4 members (excludes halogenated alkanes) is 9. The SMILES string of the molecule is CCCCCCCCCCCCOC(O)CS(=O)(=O)O. The highest BCUT2D eigenvalue weighted by Gasteiger charge is 2.13. The van der Waals surface area contributed by atoms with Crippen molar-refractivity contribution in [2.24, 2.45) is 0 Å². The van der Waals surface area contributed by atoms with Crippen molar-refractivity contribution in [1.82, 2.24) is 0 Å². The summed E-state index contributed by atoms with van der Waals surface area (Å²) in [5, 5.41) is 9.17. The molecule has 0 aromatic rings. The van der Waals surface area contributed by atoms with Crippen LogP contribution in [0, 0.1) is 0 Å². The van der Waals surface area contributed by atoms with Crippen molar-refractivity contribution < 1.29 is 22.8 Å². The molecule has 0 amide bonds. The van der Waals surface area contributed by atoms with E-state index in [0.717, 1.165) is 19.3 Å². The van der Waals surface area contributed by atoms with Crippen molar-refractivity contribution in [3.63, 3.8) is 0 Å². The molecule has 122 valence electrons.